The van der Waals surface area contributed by atoms with Crippen molar-refractivity contribution in [3.63, 3.8) is 0 Å². The molecule has 4 saturated heterocycles. The van der Waals surface area contributed by atoms with Crippen molar-refractivity contribution in [2.24, 2.45) is 13.0 Å². The molecule has 3 aromatic rings. The maximum absolute atomic E-state index is 14.6. The number of ether oxygens (including phenoxy) is 1. The van der Waals surface area contributed by atoms with E-state index in [0.717, 1.165) is 32.5 Å². The highest BCUT2D eigenvalue weighted by molar-refractivity contribution is 5.96. The number of aliphatic hydroxyl groups is 1. The second-order valence-corrected chi connectivity index (χ2v) is 14.2. The molecule has 48 heavy (non-hydrogen) atoms. The molecule has 2 aromatic carbocycles. The summed E-state index contributed by atoms with van der Waals surface area (Å²) in [4.78, 5) is 44.8. The fourth-order valence-corrected chi connectivity index (χ4v) is 9.12. The molecular formula is C35H38F3N5O5. The van der Waals surface area contributed by atoms with Crippen molar-refractivity contribution in [3.05, 3.63) is 71.4 Å². The van der Waals surface area contributed by atoms with Gasteiger partial charge in [0.25, 0.3) is 11.8 Å². The van der Waals surface area contributed by atoms with Gasteiger partial charge in [0.1, 0.15) is 12.1 Å². The average Bonchev–Trinajstić information content (AvgIpc) is 3.73. The van der Waals surface area contributed by atoms with Crippen LogP contribution in [0.2, 0.25) is 0 Å². The smallest absolute Gasteiger partial charge is 0.352 e. The SMILES string of the molecule is Cn1cc2c3c(cccc31)[C@H]1CC(C(=O)NCC3(C)O[C@@]4(O)[C@@H]5CCCN5C(=O)[C@H](Cc5ccccc5)N4C3=O)CN(C(F)(F)F)C1C2. The number of hydrogen-bond acceptors (Lipinski definition) is 6. The predicted octanol–water partition coefficient (Wildman–Crippen LogP) is 3.02. The number of rotatable bonds is 5. The molecule has 10 nitrogen and oxygen atoms in total. The van der Waals surface area contributed by atoms with E-state index in [-0.39, 0.29) is 31.7 Å². The van der Waals surface area contributed by atoms with Gasteiger partial charge in [-0.05, 0) is 55.4 Å². The standard InChI is InChI=1S/C35H38F3N5O5/c1-33(32(46)43-27(14-20-8-4-3-5-9-20)31(45)41-13-7-12-28(41)34(43,47)48-33)19-39-30(44)22-15-24-23-10-6-11-25-29(23)21(17-40(25)2)16-26(24)42(18-22)35(36,37)38/h3-6,8-11,17,22,24,26-28,47H,7,12-16,18-19H2,1-2H3,(H,39,44)/t22?,24-,26?,27+,28+,33?,34+/m1/s1. The van der Waals surface area contributed by atoms with Crippen molar-refractivity contribution in [1.82, 2.24) is 24.6 Å². The highest BCUT2D eigenvalue weighted by atomic mass is 19.4. The van der Waals surface area contributed by atoms with Gasteiger partial charge in [-0.2, -0.15) is 13.2 Å². The zero-order valence-corrected chi connectivity index (χ0v) is 26.7. The molecule has 4 fully saturated rings. The molecular weight excluding hydrogens is 627 g/mol. The summed E-state index contributed by atoms with van der Waals surface area (Å²) in [7, 11) is 1.88. The molecule has 3 amide bonds. The van der Waals surface area contributed by atoms with Crippen LogP contribution >= 0.6 is 0 Å². The largest absolute Gasteiger partial charge is 0.460 e. The first kappa shape index (κ1) is 31.3. The molecule has 1 aliphatic carbocycles. The van der Waals surface area contributed by atoms with Gasteiger partial charge in [-0.15, -0.1) is 0 Å². The Morgan fingerprint density at radius 3 is 2.65 bits per heavy atom. The van der Waals surface area contributed by atoms with Gasteiger partial charge < -0.3 is 24.6 Å². The van der Waals surface area contributed by atoms with E-state index in [9.17, 15) is 32.7 Å². The molecule has 5 heterocycles. The molecule has 0 bridgehead atoms. The first-order chi connectivity index (χ1) is 22.8. The fourth-order valence-electron chi connectivity index (χ4n) is 9.12. The van der Waals surface area contributed by atoms with E-state index in [0.29, 0.717) is 24.3 Å². The summed E-state index contributed by atoms with van der Waals surface area (Å²) in [5.41, 5.74) is 1.66. The molecule has 0 saturated carbocycles. The van der Waals surface area contributed by atoms with E-state index in [1.54, 1.807) is 4.90 Å². The third-order valence-electron chi connectivity index (χ3n) is 11.3. The van der Waals surface area contributed by atoms with Gasteiger partial charge >= 0.3 is 6.30 Å². The number of carbonyl (C=O) groups is 3. The van der Waals surface area contributed by atoms with Crippen molar-refractivity contribution in [1.29, 1.82) is 0 Å². The Morgan fingerprint density at radius 2 is 1.90 bits per heavy atom. The highest BCUT2D eigenvalue weighted by Crippen LogP contribution is 2.49. The van der Waals surface area contributed by atoms with Gasteiger partial charge in [0.15, 0.2) is 5.60 Å². The molecule has 8 rings (SSSR count). The van der Waals surface area contributed by atoms with Crippen LogP contribution in [0.4, 0.5) is 13.2 Å². The first-order valence-electron chi connectivity index (χ1n) is 16.6. The lowest BCUT2D eigenvalue weighted by atomic mass is 9.72. The lowest BCUT2D eigenvalue weighted by Gasteiger charge is -2.49. The number of aromatic nitrogens is 1. The number of alkyl halides is 3. The van der Waals surface area contributed by atoms with Gasteiger partial charge in [0, 0.05) is 55.6 Å². The Bertz CT molecular complexity index is 1810. The summed E-state index contributed by atoms with van der Waals surface area (Å²) in [6.45, 7) is 0.985. The zero-order valence-electron chi connectivity index (χ0n) is 26.7. The van der Waals surface area contributed by atoms with Crippen LogP contribution < -0.4 is 5.32 Å². The summed E-state index contributed by atoms with van der Waals surface area (Å²) < 4.78 is 51.8. The minimum atomic E-state index is -4.65. The average molecular weight is 666 g/mol. The van der Waals surface area contributed by atoms with Crippen LogP contribution in [0.25, 0.3) is 10.9 Å². The molecule has 3 unspecified atom stereocenters. The van der Waals surface area contributed by atoms with E-state index in [2.05, 4.69) is 5.32 Å². The molecule has 5 aliphatic rings. The number of likely N-dealkylation sites (tertiary alicyclic amines) is 1. The van der Waals surface area contributed by atoms with E-state index in [4.69, 9.17) is 4.74 Å². The van der Waals surface area contributed by atoms with Crippen LogP contribution in [0.1, 0.15) is 48.8 Å². The number of piperidine rings is 1. The third kappa shape index (κ3) is 4.61. The van der Waals surface area contributed by atoms with Crippen LogP contribution in [-0.2, 0) is 39.0 Å². The number of hydrogen-bond donors (Lipinski definition) is 2. The Balaban J connectivity index is 1.05. The molecule has 0 radical (unpaired) electrons. The van der Waals surface area contributed by atoms with Gasteiger partial charge in [0.05, 0.1) is 12.5 Å². The number of fused-ring (bicyclic) bond motifs is 5. The first-order valence-corrected chi connectivity index (χ1v) is 16.6. The third-order valence-corrected chi connectivity index (χ3v) is 11.3. The Labute approximate surface area is 275 Å². The summed E-state index contributed by atoms with van der Waals surface area (Å²) in [6.07, 6.45) is -1.10. The normalized spacial score (nSPS) is 33.2. The Hall–Kier alpha value is -3.94. The number of benzene rings is 2. The van der Waals surface area contributed by atoms with Crippen molar-refractivity contribution >= 4 is 28.6 Å². The summed E-state index contributed by atoms with van der Waals surface area (Å²) in [6, 6.07) is 12.2. The highest BCUT2D eigenvalue weighted by Gasteiger charge is 2.69. The molecule has 13 heteroatoms. The summed E-state index contributed by atoms with van der Waals surface area (Å²) in [5.74, 6) is -5.20. The minimum absolute atomic E-state index is 0.163. The van der Waals surface area contributed by atoms with E-state index in [1.165, 1.54) is 6.92 Å². The molecule has 7 atom stereocenters. The van der Waals surface area contributed by atoms with Crippen molar-refractivity contribution in [2.45, 2.75) is 80.9 Å². The molecule has 0 spiro atoms. The lowest BCUT2D eigenvalue weighted by molar-refractivity contribution is -0.312. The lowest BCUT2D eigenvalue weighted by Crippen LogP contribution is -2.71. The van der Waals surface area contributed by atoms with Gasteiger partial charge in [0.2, 0.25) is 11.8 Å². The van der Waals surface area contributed by atoms with Crippen molar-refractivity contribution in [2.75, 3.05) is 19.6 Å². The quantitative estimate of drug-likeness (QED) is 0.406. The Morgan fingerprint density at radius 1 is 1.12 bits per heavy atom. The van der Waals surface area contributed by atoms with Crippen LogP contribution in [0.3, 0.4) is 0 Å². The van der Waals surface area contributed by atoms with E-state index >= 15 is 0 Å². The maximum atomic E-state index is 14.6. The summed E-state index contributed by atoms with van der Waals surface area (Å²) >= 11 is 0. The van der Waals surface area contributed by atoms with E-state index < -0.39 is 66.1 Å². The molecule has 4 aliphatic heterocycles. The van der Waals surface area contributed by atoms with Crippen LogP contribution in [0, 0.1) is 5.92 Å². The van der Waals surface area contributed by atoms with Crippen LogP contribution in [0.15, 0.2) is 54.7 Å². The van der Waals surface area contributed by atoms with Crippen molar-refractivity contribution in [3.8, 4) is 0 Å². The Kier molecular flexibility index (Phi) is 7.04. The zero-order chi connectivity index (χ0) is 33.7. The monoisotopic (exact) mass is 665 g/mol. The van der Waals surface area contributed by atoms with Crippen LogP contribution in [0.5, 0.6) is 0 Å². The van der Waals surface area contributed by atoms with Gasteiger partial charge in [-0.25, -0.2) is 4.90 Å². The topological polar surface area (TPSA) is 107 Å². The number of amides is 3. The second-order valence-electron chi connectivity index (χ2n) is 14.2. The van der Waals surface area contributed by atoms with Crippen molar-refractivity contribution < 1.29 is 37.4 Å². The maximum Gasteiger partial charge on any atom is 0.460 e. The molecule has 2 N–H and O–H groups in total. The number of carbonyl (C=O) groups excluding carboxylic acids is 3. The number of nitrogens with one attached hydrogen (secondary N) is 1. The number of aryl methyl sites for hydroxylation is 1. The molecule has 254 valence electrons. The molecule has 1 aromatic heterocycles. The van der Waals surface area contributed by atoms with Gasteiger partial charge in [-0.3, -0.25) is 19.3 Å². The number of nitrogens with zero attached hydrogens (tertiary/aromatic N) is 4. The predicted molar refractivity (Wildman–Crippen MR) is 167 cm³/mol. The van der Waals surface area contributed by atoms with Crippen LogP contribution in [-0.4, -0.2) is 97.7 Å². The fraction of sp³-hybridized carbons (Fsp3) is 0.514. The number of piperazine rings is 1. The summed E-state index contributed by atoms with van der Waals surface area (Å²) in [5, 5.41) is 15.7. The van der Waals surface area contributed by atoms with Gasteiger partial charge in [-0.1, -0.05) is 42.5 Å². The van der Waals surface area contributed by atoms with E-state index in [1.807, 2.05) is 66.3 Å². The second kappa shape index (κ2) is 10.8. The minimum Gasteiger partial charge on any atom is -0.352 e. The number of halogens is 3.